The third-order valence-electron chi connectivity index (χ3n) is 6.99. The van der Waals surface area contributed by atoms with Crippen molar-refractivity contribution in [3.63, 3.8) is 0 Å². The van der Waals surface area contributed by atoms with Crippen LogP contribution in [0.4, 0.5) is 0 Å². The van der Waals surface area contributed by atoms with Gasteiger partial charge in [0.05, 0.1) is 42.1 Å². The van der Waals surface area contributed by atoms with Gasteiger partial charge in [0, 0.05) is 36.1 Å². The van der Waals surface area contributed by atoms with Gasteiger partial charge in [-0.05, 0) is 56.0 Å². The number of aromatic nitrogens is 2. The van der Waals surface area contributed by atoms with Crippen molar-refractivity contribution >= 4 is 5.91 Å². The van der Waals surface area contributed by atoms with Gasteiger partial charge in [0.25, 0.3) is 0 Å². The number of β-amino-alcohol motifs (C(OH)–C–C–N with tert-alkyl or cyclic N) is 1. The largest absolute Gasteiger partial charge is 0.490 e. The van der Waals surface area contributed by atoms with Crippen molar-refractivity contribution in [3.8, 4) is 34.3 Å². The second-order valence-corrected chi connectivity index (χ2v) is 9.60. The van der Waals surface area contributed by atoms with Crippen LogP contribution in [-0.4, -0.2) is 51.7 Å². The van der Waals surface area contributed by atoms with Crippen molar-refractivity contribution in [2.45, 2.75) is 44.6 Å². The number of ether oxygens (including phenoxy) is 1. The number of carbonyl (C=O) groups excluding carboxylic acids is 1. The number of aliphatic hydroxyl groups is 1. The highest BCUT2D eigenvalue weighted by atomic mass is 16.5. The number of likely N-dealkylation sites (tertiary alicyclic amines) is 1. The number of hydrogen-bond donors (Lipinski definition) is 1. The second kappa shape index (κ2) is 9.12. The standard InChI is InChI=1S/C28H28N4O3/c1-18(2)35-26-7-6-19(12-20(26)14-29)24-15-31-25(16-30-24)22-4-3-5-23-21(22)8-9-28(23)13-27(34)32(17-28)10-11-33/h3-7,12,15-16,18,33H,8-11,13,17H2,1-2H3/t28-/m1/s1. The molecule has 2 aromatic carbocycles. The molecule has 2 aliphatic rings. The molecule has 35 heavy (non-hydrogen) atoms. The summed E-state index contributed by atoms with van der Waals surface area (Å²) in [7, 11) is 0. The molecule has 1 amide bonds. The van der Waals surface area contributed by atoms with E-state index in [9.17, 15) is 15.2 Å². The number of carbonyl (C=O) groups is 1. The Hall–Kier alpha value is -3.76. The van der Waals surface area contributed by atoms with Crippen molar-refractivity contribution < 1.29 is 14.6 Å². The molecule has 5 rings (SSSR count). The van der Waals surface area contributed by atoms with Crippen molar-refractivity contribution in [1.29, 1.82) is 5.26 Å². The highest BCUT2D eigenvalue weighted by Crippen LogP contribution is 2.48. The topological polar surface area (TPSA) is 99.3 Å². The summed E-state index contributed by atoms with van der Waals surface area (Å²) in [6, 6.07) is 13.9. The number of nitriles is 1. The number of nitrogens with zero attached hydrogens (tertiary/aromatic N) is 4. The fourth-order valence-electron chi connectivity index (χ4n) is 5.42. The predicted octanol–water partition coefficient (Wildman–Crippen LogP) is 3.88. The third kappa shape index (κ3) is 4.15. The molecule has 1 saturated heterocycles. The predicted molar refractivity (Wildman–Crippen MR) is 132 cm³/mol. The zero-order valence-electron chi connectivity index (χ0n) is 20.0. The number of amides is 1. The fourth-order valence-corrected chi connectivity index (χ4v) is 5.42. The van der Waals surface area contributed by atoms with Crippen LogP contribution in [0.5, 0.6) is 5.75 Å². The molecule has 2 heterocycles. The van der Waals surface area contributed by atoms with Gasteiger partial charge in [-0.15, -0.1) is 0 Å². The summed E-state index contributed by atoms with van der Waals surface area (Å²) in [5.41, 5.74) is 6.07. The second-order valence-electron chi connectivity index (χ2n) is 9.60. The lowest BCUT2D eigenvalue weighted by Crippen LogP contribution is -2.32. The van der Waals surface area contributed by atoms with Crippen LogP contribution in [0, 0.1) is 11.3 Å². The maximum Gasteiger partial charge on any atom is 0.223 e. The zero-order chi connectivity index (χ0) is 24.6. The van der Waals surface area contributed by atoms with Crippen molar-refractivity contribution in [1.82, 2.24) is 14.9 Å². The number of rotatable bonds is 6. The van der Waals surface area contributed by atoms with Crippen LogP contribution in [0.15, 0.2) is 48.8 Å². The first-order valence-electron chi connectivity index (χ1n) is 12.0. The summed E-state index contributed by atoms with van der Waals surface area (Å²) < 4.78 is 5.72. The quantitative estimate of drug-likeness (QED) is 0.589. The van der Waals surface area contributed by atoms with Gasteiger partial charge in [-0.25, -0.2) is 0 Å². The van der Waals surface area contributed by atoms with Gasteiger partial charge in [0.15, 0.2) is 0 Å². The van der Waals surface area contributed by atoms with Crippen molar-refractivity contribution in [2.75, 3.05) is 19.7 Å². The first-order valence-corrected chi connectivity index (χ1v) is 12.0. The number of aliphatic hydroxyl groups excluding tert-OH is 1. The first-order chi connectivity index (χ1) is 16.9. The minimum absolute atomic E-state index is 0.0139. The molecule has 1 N–H and O–H groups in total. The van der Waals surface area contributed by atoms with Crippen molar-refractivity contribution in [2.24, 2.45) is 0 Å². The van der Waals surface area contributed by atoms with Crippen LogP contribution in [0.25, 0.3) is 22.5 Å². The zero-order valence-corrected chi connectivity index (χ0v) is 20.0. The Morgan fingerprint density at radius 1 is 1.20 bits per heavy atom. The third-order valence-corrected chi connectivity index (χ3v) is 6.99. The van der Waals surface area contributed by atoms with Crippen LogP contribution in [-0.2, 0) is 16.6 Å². The average molecular weight is 469 g/mol. The monoisotopic (exact) mass is 468 g/mol. The summed E-state index contributed by atoms with van der Waals surface area (Å²) >= 11 is 0. The lowest BCUT2D eigenvalue weighted by atomic mass is 9.80. The van der Waals surface area contributed by atoms with E-state index in [1.54, 1.807) is 29.4 Å². The molecule has 1 aromatic heterocycles. The number of fused-ring (bicyclic) bond motifs is 2. The SMILES string of the molecule is CC(C)Oc1ccc(-c2cnc(-c3cccc4c3CC[C@]43CC(=O)N(CCO)C3)cn2)cc1C#N. The fraction of sp³-hybridized carbons (Fsp3) is 0.357. The first kappa shape index (κ1) is 23.0. The van der Waals surface area contributed by atoms with Gasteiger partial charge in [-0.2, -0.15) is 5.26 Å². The smallest absolute Gasteiger partial charge is 0.223 e. The van der Waals surface area contributed by atoms with E-state index in [4.69, 9.17) is 9.72 Å². The van der Waals surface area contributed by atoms with Gasteiger partial charge >= 0.3 is 0 Å². The van der Waals surface area contributed by atoms with E-state index < -0.39 is 0 Å². The summed E-state index contributed by atoms with van der Waals surface area (Å²) in [6.45, 7) is 4.89. The molecule has 7 nitrogen and oxygen atoms in total. The van der Waals surface area contributed by atoms with E-state index in [2.05, 4.69) is 23.2 Å². The number of benzene rings is 2. The Bertz CT molecular complexity index is 1310. The molecule has 1 fully saturated rings. The van der Waals surface area contributed by atoms with Crippen LogP contribution in [0.2, 0.25) is 0 Å². The molecule has 178 valence electrons. The van der Waals surface area contributed by atoms with E-state index in [1.165, 1.54) is 11.1 Å². The average Bonchev–Trinajstić information content (AvgIpc) is 3.38. The molecule has 0 bridgehead atoms. The van der Waals surface area contributed by atoms with Gasteiger partial charge in [-0.3, -0.25) is 14.8 Å². The summed E-state index contributed by atoms with van der Waals surface area (Å²) in [4.78, 5) is 23.7. The molecule has 0 unspecified atom stereocenters. The van der Waals surface area contributed by atoms with Gasteiger partial charge in [-0.1, -0.05) is 18.2 Å². The molecular weight excluding hydrogens is 440 g/mol. The van der Waals surface area contributed by atoms with E-state index >= 15 is 0 Å². The minimum Gasteiger partial charge on any atom is -0.490 e. The lowest BCUT2D eigenvalue weighted by Gasteiger charge is -2.25. The molecule has 1 atom stereocenters. The molecule has 0 saturated carbocycles. The Labute approximate surface area is 205 Å². The van der Waals surface area contributed by atoms with Crippen LogP contribution >= 0.6 is 0 Å². The molecule has 7 heteroatoms. The van der Waals surface area contributed by atoms with Gasteiger partial charge < -0.3 is 14.7 Å². The minimum atomic E-state index is -0.182. The Kier molecular flexibility index (Phi) is 6.00. The van der Waals surface area contributed by atoms with Crippen LogP contribution in [0.1, 0.15) is 43.4 Å². The molecule has 1 aliphatic carbocycles. The summed E-state index contributed by atoms with van der Waals surface area (Å²) in [6.07, 6.45) is 5.79. The molecular formula is C28H28N4O3. The maximum absolute atomic E-state index is 12.5. The molecule has 1 aliphatic heterocycles. The summed E-state index contributed by atoms with van der Waals surface area (Å²) in [5.74, 6) is 0.676. The Morgan fingerprint density at radius 3 is 2.71 bits per heavy atom. The van der Waals surface area contributed by atoms with Crippen LogP contribution < -0.4 is 4.74 Å². The van der Waals surface area contributed by atoms with E-state index in [0.29, 0.717) is 36.5 Å². The van der Waals surface area contributed by atoms with Gasteiger partial charge in [0.1, 0.15) is 11.8 Å². The molecule has 0 radical (unpaired) electrons. The Morgan fingerprint density at radius 2 is 2.00 bits per heavy atom. The van der Waals surface area contributed by atoms with Crippen LogP contribution in [0.3, 0.4) is 0 Å². The molecule has 1 spiro atoms. The highest BCUT2D eigenvalue weighted by Gasteiger charge is 2.48. The van der Waals surface area contributed by atoms with E-state index in [1.807, 2.05) is 26.0 Å². The summed E-state index contributed by atoms with van der Waals surface area (Å²) in [5, 5.41) is 18.8. The Balaban J connectivity index is 1.43. The lowest BCUT2D eigenvalue weighted by molar-refractivity contribution is -0.128. The maximum atomic E-state index is 12.5. The highest BCUT2D eigenvalue weighted by molar-refractivity contribution is 5.82. The van der Waals surface area contributed by atoms with Crippen molar-refractivity contribution in [3.05, 3.63) is 65.5 Å². The van der Waals surface area contributed by atoms with E-state index in [-0.39, 0.29) is 24.0 Å². The number of hydrogen-bond acceptors (Lipinski definition) is 6. The van der Waals surface area contributed by atoms with Gasteiger partial charge in [0.2, 0.25) is 5.91 Å². The normalized spacial score (nSPS) is 18.8. The molecule has 3 aromatic rings. The van der Waals surface area contributed by atoms with E-state index in [0.717, 1.165) is 29.7 Å².